The number of nitrogens with one attached hydrogen (secondary N) is 2. The van der Waals surface area contributed by atoms with Crippen molar-refractivity contribution in [2.24, 2.45) is 0 Å². The van der Waals surface area contributed by atoms with Gasteiger partial charge >= 0.3 is 0 Å². The van der Waals surface area contributed by atoms with Gasteiger partial charge in [0.1, 0.15) is 5.76 Å². The smallest absolute Gasteiger partial charge is 0.251 e. The lowest BCUT2D eigenvalue weighted by Gasteiger charge is -2.21. The molecule has 1 aromatic heterocycles. The molecule has 0 spiro atoms. The van der Waals surface area contributed by atoms with Crippen molar-refractivity contribution in [3.8, 4) is 0 Å². The third kappa shape index (κ3) is 8.56. The fraction of sp³-hybridized carbons (Fsp3) is 0.308. The summed E-state index contributed by atoms with van der Waals surface area (Å²) in [5, 5.41) is 5.58. The lowest BCUT2D eigenvalue weighted by molar-refractivity contribution is -0.122. The van der Waals surface area contributed by atoms with E-state index < -0.39 is 0 Å². The molecule has 2 aromatic carbocycles. The highest BCUT2D eigenvalue weighted by Crippen LogP contribution is 2.12. The Kier molecular flexibility index (Phi) is 9.69. The van der Waals surface area contributed by atoms with E-state index in [2.05, 4.69) is 10.6 Å². The zero-order chi connectivity index (χ0) is 23.3. The van der Waals surface area contributed by atoms with Crippen LogP contribution in [0.4, 0.5) is 0 Å². The molecule has 0 saturated carbocycles. The first-order valence-electron chi connectivity index (χ1n) is 11.1. The fourth-order valence-corrected chi connectivity index (χ4v) is 3.38. The van der Waals surface area contributed by atoms with Crippen LogP contribution in [0.3, 0.4) is 0 Å². The average molecular weight is 450 g/mol. The summed E-state index contributed by atoms with van der Waals surface area (Å²) in [7, 11) is 1.61. The Balaban J connectivity index is 1.44. The number of rotatable bonds is 13. The number of amides is 2. The molecular weight excluding hydrogens is 418 g/mol. The van der Waals surface area contributed by atoms with E-state index in [4.69, 9.17) is 9.15 Å². The second kappa shape index (κ2) is 13.2. The predicted molar refractivity (Wildman–Crippen MR) is 126 cm³/mol. The molecule has 0 aliphatic carbocycles. The van der Waals surface area contributed by atoms with Gasteiger partial charge in [0.15, 0.2) is 0 Å². The van der Waals surface area contributed by atoms with E-state index in [1.54, 1.807) is 25.4 Å². The summed E-state index contributed by atoms with van der Waals surface area (Å²) in [4.78, 5) is 26.3. The van der Waals surface area contributed by atoms with Gasteiger partial charge < -0.3 is 19.8 Å². The minimum atomic E-state index is -0.124. The fourth-order valence-electron chi connectivity index (χ4n) is 3.38. The van der Waals surface area contributed by atoms with Crippen molar-refractivity contribution in [1.29, 1.82) is 0 Å². The van der Waals surface area contributed by atoms with Gasteiger partial charge in [0.2, 0.25) is 5.91 Å². The molecule has 1 heterocycles. The van der Waals surface area contributed by atoms with E-state index in [-0.39, 0.29) is 18.4 Å². The van der Waals surface area contributed by atoms with Crippen LogP contribution in [0.5, 0.6) is 0 Å². The van der Waals surface area contributed by atoms with Crippen molar-refractivity contribution in [1.82, 2.24) is 15.5 Å². The lowest BCUT2D eigenvalue weighted by Crippen LogP contribution is -2.37. The second-order valence-electron chi connectivity index (χ2n) is 7.74. The van der Waals surface area contributed by atoms with Crippen molar-refractivity contribution in [3.05, 3.63) is 95.4 Å². The molecule has 0 fully saturated rings. The quantitative estimate of drug-likeness (QED) is 0.391. The number of carbonyl (C=O) groups is 2. The first kappa shape index (κ1) is 24.2. The van der Waals surface area contributed by atoms with Crippen molar-refractivity contribution in [2.75, 3.05) is 26.7 Å². The Hall–Kier alpha value is -3.42. The van der Waals surface area contributed by atoms with Gasteiger partial charge in [-0.3, -0.25) is 14.5 Å². The molecule has 7 heteroatoms. The molecule has 0 aliphatic heterocycles. The molecule has 174 valence electrons. The van der Waals surface area contributed by atoms with Gasteiger partial charge in [0, 0.05) is 32.3 Å². The van der Waals surface area contributed by atoms with Gasteiger partial charge in [0.25, 0.3) is 5.91 Å². The summed E-state index contributed by atoms with van der Waals surface area (Å²) < 4.78 is 11.1. The van der Waals surface area contributed by atoms with Gasteiger partial charge in [-0.05, 0) is 41.8 Å². The van der Waals surface area contributed by atoms with Crippen LogP contribution in [-0.2, 0) is 29.2 Å². The standard InChI is InChI=1S/C26H31N3O4/c1-27-26(31)23-12-10-21(11-13-23)17-29(18-24-9-5-16-33-24)19-25(30)28-14-6-15-32-20-22-7-3-2-4-8-22/h2-5,7-13,16H,6,14-15,17-20H2,1H3,(H,27,31)(H,28,30). The normalized spacial score (nSPS) is 10.8. The largest absolute Gasteiger partial charge is 0.468 e. The first-order valence-corrected chi connectivity index (χ1v) is 11.1. The Labute approximate surface area is 194 Å². The maximum atomic E-state index is 12.5. The van der Waals surface area contributed by atoms with Gasteiger partial charge in [-0.1, -0.05) is 42.5 Å². The molecular formula is C26H31N3O4. The van der Waals surface area contributed by atoms with Crippen LogP contribution in [0.25, 0.3) is 0 Å². The molecule has 0 saturated heterocycles. The number of carbonyl (C=O) groups excluding carboxylic acids is 2. The molecule has 0 radical (unpaired) electrons. The highest BCUT2D eigenvalue weighted by Gasteiger charge is 2.14. The third-order valence-electron chi connectivity index (χ3n) is 5.08. The topological polar surface area (TPSA) is 83.8 Å². The monoisotopic (exact) mass is 449 g/mol. The molecule has 3 aromatic rings. The number of nitrogens with zero attached hydrogens (tertiary/aromatic N) is 1. The summed E-state index contributed by atoms with van der Waals surface area (Å²) >= 11 is 0. The van der Waals surface area contributed by atoms with Crippen LogP contribution in [0.2, 0.25) is 0 Å². The number of furan rings is 1. The van der Waals surface area contributed by atoms with E-state index >= 15 is 0 Å². The average Bonchev–Trinajstić information content (AvgIpc) is 3.35. The number of hydrogen-bond acceptors (Lipinski definition) is 5. The van der Waals surface area contributed by atoms with E-state index in [0.717, 1.165) is 23.3 Å². The molecule has 7 nitrogen and oxygen atoms in total. The van der Waals surface area contributed by atoms with Gasteiger partial charge in [-0.15, -0.1) is 0 Å². The predicted octanol–water partition coefficient (Wildman–Crippen LogP) is 3.36. The van der Waals surface area contributed by atoms with Crippen molar-refractivity contribution >= 4 is 11.8 Å². The SMILES string of the molecule is CNC(=O)c1ccc(CN(CC(=O)NCCCOCc2ccccc2)Cc2ccco2)cc1. The van der Waals surface area contributed by atoms with E-state index in [9.17, 15) is 9.59 Å². The second-order valence-corrected chi connectivity index (χ2v) is 7.74. The van der Waals surface area contributed by atoms with E-state index in [0.29, 0.717) is 38.4 Å². The van der Waals surface area contributed by atoms with Crippen molar-refractivity contribution in [3.63, 3.8) is 0 Å². The van der Waals surface area contributed by atoms with Crippen LogP contribution in [-0.4, -0.2) is 43.5 Å². The molecule has 0 bridgehead atoms. The highest BCUT2D eigenvalue weighted by atomic mass is 16.5. The van der Waals surface area contributed by atoms with Crippen LogP contribution in [0, 0.1) is 0 Å². The zero-order valence-electron chi connectivity index (χ0n) is 19.0. The zero-order valence-corrected chi connectivity index (χ0v) is 19.0. The minimum absolute atomic E-state index is 0.0494. The highest BCUT2D eigenvalue weighted by molar-refractivity contribution is 5.93. The number of benzene rings is 2. The Morgan fingerprint density at radius 3 is 2.42 bits per heavy atom. The summed E-state index contributed by atoms with van der Waals surface area (Å²) in [5.74, 6) is 0.617. The molecule has 0 aliphatic rings. The minimum Gasteiger partial charge on any atom is -0.468 e. The lowest BCUT2D eigenvalue weighted by atomic mass is 10.1. The van der Waals surface area contributed by atoms with Gasteiger partial charge in [-0.25, -0.2) is 0 Å². The summed E-state index contributed by atoms with van der Waals surface area (Å²) in [6.07, 6.45) is 2.37. The summed E-state index contributed by atoms with van der Waals surface area (Å²) in [5.41, 5.74) is 2.75. The van der Waals surface area contributed by atoms with Crippen molar-refractivity contribution in [2.45, 2.75) is 26.1 Å². The molecule has 2 amide bonds. The number of hydrogen-bond donors (Lipinski definition) is 2. The molecule has 0 unspecified atom stereocenters. The number of ether oxygens (including phenoxy) is 1. The molecule has 0 atom stereocenters. The maximum Gasteiger partial charge on any atom is 0.251 e. The van der Waals surface area contributed by atoms with Crippen LogP contribution < -0.4 is 10.6 Å². The Bertz CT molecular complexity index is 973. The third-order valence-corrected chi connectivity index (χ3v) is 5.08. The Morgan fingerprint density at radius 2 is 1.73 bits per heavy atom. The van der Waals surface area contributed by atoms with E-state index in [1.165, 1.54) is 0 Å². The van der Waals surface area contributed by atoms with Crippen molar-refractivity contribution < 1.29 is 18.7 Å². The molecule has 3 rings (SSSR count). The Morgan fingerprint density at radius 1 is 0.939 bits per heavy atom. The summed E-state index contributed by atoms with van der Waals surface area (Å²) in [6, 6.07) is 21.1. The molecule has 2 N–H and O–H groups in total. The van der Waals surface area contributed by atoms with Crippen LogP contribution in [0.15, 0.2) is 77.4 Å². The maximum absolute atomic E-state index is 12.5. The van der Waals surface area contributed by atoms with Gasteiger partial charge in [0.05, 0.1) is 26.0 Å². The summed E-state index contributed by atoms with van der Waals surface area (Å²) in [6.45, 7) is 3.03. The van der Waals surface area contributed by atoms with Crippen LogP contribution in [0.1, 0.15) is 33.7 Å². The van der Waals surface area contributed by atoms with Crippen LogP contribution >= 0.6 is 0 Å². The molecule has 33 heavy (non-hydrogen) atoms. The first-order chi connectivity index (χ1) is 16.1. The van der Waals surface area contributed by atoms with E-state index in [1.807, 2.05) is 59.5 Å². The van der Waals surface area contributed by atoms with Gasteiger partial charge in [-0.2, -0.15) is 0 Å².